The lowest BCUT2D eigenvalue weighted by Crippen LogP contribution is -2.29. The van der Waals surface area contributed by atoms with Gasteiger partial charge in [-0.1, -0.05) is 28.9 Å². The van der Waals surface area contributed by atoms with Crippen LogP contribution in [0.15, 0.2) is 18.2 Å². The number of alkyl halides is 1. The average Bonchev–Trinajstić information content (AvgIpc) is 2.42. The molecule has 1 amide bonds. The van der Waals surface area contributed by atoms with Crippen LogP contribution in [0, 0.1) is 5.92 Å². The first-order valence-corrected chi connectivity index (χ1v) is 6.81. The minimum Gasteiger partial charge on any atom is -0.493 e. The molecule has 0 fully saturated rings. The molecule has 1 N–H and O–H groups in total. The molecule has 0 saturated carbocycles. The van der Waals surface area contributed by atoms with Crippen LogP contribution in [0.5, 0.6) is 11.5 Å². The van der Waals surface area contributed by atoms with E-state index in [1.54, 1.807) is 25.3 Å². The van der Waals surface area contributed by atoms with Crippen molar-refractivity contribution >= 4 is 21.8 Å². The molecule has 0 aromatic heterocycles. The first kappa shape index (κ1) is 14.8. The lowest BCUT2D eigenvalue weighted by Gasteiger charge is -2.14. The molecule has 0 aliphatic heterocycles. The van der Waals surface area contributed by atoms with Crippen molar-refractivity contribution < 1.29 is 14.3 Å². The van der Waals surface area contributed by atoms with Crippen molar-refractivity contribution in [2.24, 2.45) is 5.92 Å². The molecule has 100 valence electrons. The van der Waals surface area contributed by atoms with E-state index in [4.69, 9.17) is 9.47 Å². The molecule has 0 heterocycles. The molecule has 5 heteroatoms. The maximum atomic E-state index is 12.1. The van der Waals surface area contributed by atoms with E-state index in [0.717, 1.165) is 5.33 Å². The summed E-state index contributed by atoms with van der Waals surface area (Å²) in [5.74, 6) is 1.24. The number of halogens is 1. The summed E-state index contributed by atoms with van der Waals surface area (Å²) in [6.07, 6.45) is 0. The van der Waals surface area contributed by atoms with Gasteiger partial charge in [0.2, 0.25) is 0 Å². The Kier molecular flexibility index (Phi) is 5.98. The van der Waals surface area contributed by atoms with Crippen LogP contribution >= 0.6 is 15.9 Å². The largest absolute Gasteiger partial charge is 0.493 e. The zero-order chi connectivity index (χ0) is 13.5. The summed E-state index contributed by atoms with van der Waals surface area (Å²) in [5.41, 5.74) is 0.485. The SMILES string of the molecule is COc1cccc(C(=O)NCC(C)CBr)c1OC. The highest BCUT2D eigenvalue weighted by atomic mass is 79.9. The van der Waals surface area contributed by atoms with Crippen molar-refractivity contribution in [1.82, 2.24) is 5.32 Å². The number of para-hydroxylation sites is 1. The number of carbonyl (C=O) groups excluding carboxylic acids is 1. The molecule has 0 saturated heterocycles. The number of ether oxygens (including phenoxy) is 2. The summed E-state index contributed by atoms with van der Waals surface area (Å²) in [7, 11) is 3.07. The third kappa shape index (κ3) is 3.63. The van der Waals surface area contributed by atoms with Crippen molar-refractivity contribution in [3.63, 3.8) is 0 Å². The van der Waals surface area contributed by atoms with Gasteiger partial charge in [-0.2, -0.15) is 0 Å². The molecule has 1 aromatic carbocycles. The highest BCUT2D eigenvalue weighted by Gasteiger charge is 2.16. The van der Waals surface area contributed by atoms with E-state index in [-0.39, 0.29) is 5.91 Å². The van der Waals surface area contributed by atoms with E-state index in [9.17, 15) is 4.79 Å². The lowest BCUT2D eigenvalue weighted by molar-refractivity contribution is 0.0945. The Bertz CT molecular complexity index is 409. The van der Waals surface area contributed by atoms with Crippen LogP contribution in [0.25, 0.3) is 0 Å². The van der Waals surface area contributed by atoms with Gasteiger partial charge in [0.15, 0.2) is 11.5 Å². The minimum absolute atomic E-state index is 0.154. The Hall–Kier alpha value is -1.23. The predicted octanol–water partition coefficient (Wildman–Crippen LogP) is 2.46. The van der Waals surface area contributed by atoms with Crippen molar-refractivity contribution in [2.75, 3.05) is 26.1 Å². The average molecular weight is 316 g/mol. The van der Waals surface area contributed by atoms with E-state index < -0.39 is 0 Å². The van der Waals surface area contributed by atoms with Crippen molar-refractivity contribution in [3.05, 3.63) is 23.8 Å². The molecule has 1 aromatic rings. The van der Waals surface area contributed by atoms with Gasteiger partial charge in [0.05, 0.1) is 19.8 Å². The van der Waals surface area contributed by atoms with Crippen molar-refractivity contribution in [2.45, 2.75) is 6.92 Å². The van der Waals surface area contributed by atoms with Crippen LogP contribution < -0.4 is 14.8 Å². The molecule has 0 aliphatic carbocycles. The van der Waals surface area contributed by atoms with Gasteiger partial charge < -0.3 is 14.8 Å². The number of benzene rings is 1. The van der Waals surface area contributed by atoms with Gasteiger partial charge in [-0.3, -0.25) is 4.79 Å². The lowest BCUT2D eigenvalue weighted by atomic mass is 10.1. The molecule has 1 unspecified atom stereocenters. The third-order valence-corrected chi connectivity index (χ3v) is 3.63. The highest BCUT2D eigenvalue weighted by Crippen LogP contribution is 2.30. The molecule has 18 heavy (non-hydrogen) atoms. The first-order valence-electron chi connectivity index (χ1n) is 5.69. The number of methoxy groups -OCH3 is 2. The van der Waals surface area contributed by atoms with E-state index in [1.165, 1.54) is 7.11 Å². The van der Waals surface area contributed by atoms with E-state index in [1.807, 2.05) is 0 Å². The summed E-state index contributed by atoms with van der Waals surface area (Å²) in [6, 6.07) is 5.25. The monoisotopic (exact) mass is 315 g/mol. The Morgan fingerprint density at radius 2 is 2.11 bits per heavy atom. The summed E-state index contributed by atoms with van der Waals surface area (Å²) in [4.78, 5) is 12.1. The number of carbonyl (C=O) groups is 1. The standard InChI is InChI=1S/C13H18BrNO3/c1-9(7-14)8-15-13(16)10-5-4-6-11(17-2)12(10)18-3/h4-6,9H,7-8H2,1-3H3,(H,15,16). The zero-order valence-electron chi connectivity index (χ0n) is 10.8. The fraction of sp³-hybridized carbons (Fsp3) is 0.462. The molecule has 0 bridgehead atoms. The van der Waals surface area contributed by atoms with Gasteiger partial charge in [-0.05, 0) is 18.1 Å². The maximum Gasteiger partial charge on any atom is 0.255 e. The molecule has 0 radical (unpaired) electrons. The Morgan fingerprint density at radius 3 is 2.67 bits per heavy atom. The molecular weight excluding hydrogens is 298 g/mol. The smallest absolute Gasteiger partial charge is 0.255 e. The molecular formula is C13H18BrNO3. The molecule has 0 spiro atoms. The molecule has 4 nitrogen and oxygen atoms in total. The second-order valence-corrected chi connectivity index (χ2v) is 4.66. The van der Waals surface area contributed by atoms with Crippen LogP contribution in [0.4, 0.5) is 0 Å². The van der Waals surface area contributed by atoms with Gasteiger partial charge in [0, 0.05) is 11.9 Å². The summed E-state index contributed by atoms with van der Waals surface area (Å²) >= 11 is 3.38. The normalized spacial score (nSPS) is 11.8. The summed E-state index contributed by atoms with van der Waals surface area (Å²) in [6.45, 7) is 2.67. The second-order valence-electron chi connectivity index (χ2n) is 4.01. The van der Waals surface area contributed by atoms with Gasteiger partial charge in [0.1, 0.15) is 0 Å². The van der Waals surface area contributed by atoms with Gasteiger partial charge in [-0.25, -0.2) is 0 Å². The van der Waals surface area contributed by atoms with E-state index >= 15 is 0 Å². The number of nitrogens with one attached hydrogen (secondary N) is 1. The Morgan fingerprint density at radius 1 is 1.39 bits per heavy atom. The van der Waals surface area contributed by atoms with Crippen LogP contribution in [0.1, 0.15) is 17.3 Å². The molecule has 1 rings (SSSR count). The fourth-order valence-electron chi connectivity index (χ4n) is 1.48. The van der Waals surface area contributed by atoms with Crippen LogP contribution in [-0.2, 0) is 0 Å². The molecule has 1 atom stereocenters. The predicted molar refractivity (Wildman–Crippen MR) is 74.8 cm³/mol. The van der Waals surface area contributed by atoms with E-state index in [2.05, 4.69) is 28.2 Å². The quantitative estimate of drug-likeness (QED) is 0.820. The Labute approximate surface area is 116 Å². The summed E-state index contributed by atoms with van der Waals surface area (Å²) in [5, 5.41) is 3.72. The highest BCUT2D eigenvalue weighted by molar-refractivity contribution is 9.09. The van der Waals surface area contributed by atoms with Crippen LogP contribution in [0.3, 0.4) is 0 Å². The van der Waals surface area contributed by atoms with E-state index in [0.29, 0.717) is 29.5 Å². The minimum atomic E-state index is -0.154. The van der Waals surface area contributed by atoms with Crippen molar-refractivity contribution in [1.29, 1.82) is 0 Å². The van der Waals surface area contributed by atoms with Gasteiger partial charge in [0.25, 0.3) is 5.91 Å². The number of amides is 1. The Balaban J connectivity index is 2.85. The topological polar surface area (TPSA) is 47.6 Å². The number of hydrogen-bond acceptors (Lipinski definition) is 3. The van der Waals surface area contributed by atoms with Gasteiger partial charge in [-0.15, -0.1) is 0 Å². The van der Waals surface area contributed by atoms with Crippen LogP contribution in [-0.4, -0.2) is 32.0 Å². The fourth-order valence-corrected chi connectivity index (χ4v) is 1.71. The van der Waals surface area contributed by atoms with Gasteiger partial charge >= 0.3 is 0 Å². The molecule has 0 aliphatic rings. The van der Waals surface area contributed by atoms with Crippen molar-refractivity contribution in [3.8, 4) is 11.5 Å². The number of hydrogen-bond donors (Lipinski definition) is 1. The second kappa shape index (κ2) is 7.26. The first-order chi connectivity index (χ1) is 8.63. The zero-order valence-corrected chi connectivity index (χ0v) is 12.4. The maximum absolute atomic E-state index is 12.1. The third-order valence-electron chi connectivity index (χ3n) is 2.52. The number of rotatable bonds is 6. The summed E-state index contributed by atoms with van der Waals surface area (Å²) < 4.78 is 10.4. The van der Waals surface area contributed by atoms with Crippen LogP contribution in [0.2, 0.25) is 0 Å².